The third kappa shape index (κ3) is 3.11. The quantitative estimate of drug-likeness (QED) is 0.839. The predicted molar refractivity (Wildman–Crippen MR) is 74.3 cm³/mol. The third-order valence-electron chi connectivity index (χ3n) is 3.14. The first-order valence-corrected chi connectivity index (χ1v) is 6.23. The van der Waals surface area contributed by atoms with Crippen LogP contribution in [0.2, 0.25) is 0 Å². The molecule has 4 heteroatoms. The molecule has 1 atom stereocenters. The molecule has 2 rings (SSSR count). The number of amides is 2. The molecular weight excluding hydrogens is 226 g/mol. The van der Waals surface area contributed by atoms with Crippen molar-refractivity contribution in [1.82, 2.24) is 4.90 Å². The first kappa shape index (κ1) is 12.6. The van der Waals surface area contributed by atoms with Crippen LogP contribution < -0.4 is 11.1 Å². The minimum Gasteiger partial charge on any atom is -0.326 e. The lowest BCUT2D eigenvalue weighted by Gasteiger charge is -2.30. The highest BCUT2D eigenvalue weighted by atomic mass is 16.2. The van der Waals surface area contributed by atoms with Gasteiger partial charge in [-0.1, -0.05) is 24.8 Å². The fourth-order valence-corrected chi connectivity index (χ4v) is 2.10. The van der Waals surface area contributed by atoms with Gasteiger partial charge in [-0.25, -0.2) is 4.79 Å². The van der Waals surface area contributed by atoms with Gasteiger partial charge in [0.2, 0.25) is 0 Å². The summed E-state index contributed by atoms with van der Waals surface area (Å²) in [6.07, 6.45) is 3.75. The molecule has 0 saturated carbocycles. The molecule has 96 valence electrons. The van der Waals surface area contributed by atoms with Crippen molar-refractivity contribution in [2.24, 2.45) is 5.73 Å². The van der Waals surface area contributed by atoms with Gasteiger partial charge in [-0.2, -0.15) is 0 Å². The summed E-state index contributed by atoms with van der Waals surface area (Å²) in [4.78, 5) is 13.8. The lowest BCUT2D eigenvalue weighted by molar-refractivity contribution is 0.193. The van der Waals surface area contributed by atoms with Gasteiger partial charge in [-0.3, -0.25) is 0 Å². The molecule has 1 unspecified atom stereocenters. The van der Waals surface area contributed by atoms with Crippen LogP contribution in [0.1, 0.15) is 18.4 Å². The molecule has 0 spiro atoms. The summed E-state index contributed by atoms with van der Waals surface area (Å²) in [5.41, 5.74) is 7.69. The lowest BCUT2D eigenvalue weighted by atomic mass is 10.1. The maximum atomic E-state index is 12.0. The Hall–Kier alpha value is -1.81. The number of hydrogen-bond donors (Lipinski definition) is 2. The summed E-state index contributed by atoms with van der Waals surface area (Å²) >= 11 is 0. The molecule has 1 aromatic carbocycles. The van der Waals surface area contributed by atoms with Crippen LogP contribution in [0, 0.1) is 0 Å². The van der Waals surface area contributed by atoms with Crippen LogP contribution in [-0.2, 0) is 0 Å². The largest absolute Gasteiger partial charge is 0.326 e. The average Bonchev–Trinajstić information content (AvgIpc) is 2.39. The Labute approximate surface area is 107 Å². The highest BCUT2D eigenvalue weighted by Gasteiger charge is 2.20. The zero-order valence-corrected chi connectivity index (χ0v) is 10.4. The molecule has 1 aliphatic rings. The Morgan fingerprint density at radius 1 is 1.44 bits per heavy atom. The average molecular weight is 245 g/mol. The summed E-state index contributed by atoms with van der Waals surface area (Å²) in [6.45, 7) is 5.11. The number of hydrogen-bond acceptors (Lipinski definition) is 2. The standard InChI is InChI=1S/C14H19N3O/c1-2-11-5-7-13(8-6-11)16-14(18)17-9-3-4-12(15)10-17/h2,5-8,12H,1,3-4,9-10,15H2,(H,16,18). The molecule has 3 N–H and O–H groups in total. The van der Waals surface area contributed by atoms with Crippen molar-refractivity contribution in [3.8, 4) is 0 Å². The molecule has 2 amide bonds. The van der Waals surface area contributed by atoms with E-state index in [9.17, 15) is 4.79 Å². The van der Waals surface area contributed by atoms with Gasteiger partial charge in [-0.15, -0.1) is 0 Å². The number of carbonyl (C=O) groups is 1. The molecule has 1 fully saturated rings. The zero-order chi connectivity index (χ0) is 13.0. The van der Waals surface area contributed by atoms with Crippen LogP contribution in [0.3, 0.4) is 0 Å². The maximum Gasteiger partial charge on any atom is 0.321 e. The van der Waals surface area contributed by atoms with E-state index in [1.807, 2.05) is 24.3 Å². The van der Waals surface area contributed by atoms with Crippen molar-refractivity contribution >= 4 is 17.8 Å². The summed E-state index contributed by atoms with van der Waals surface area (Å²) in [6, 6.07) is 7.62. The molecule has 0 bridgehead atoms. The number of piperidine rings is 1. The number of nitrogens with two attached hydrogens (primary N) is 1. The van der Waals surface area contributed by atoms with Crippen LogP contribution in [0.5, 0.6) is 0 Å². The fraction of sp³-hybridized carbons (Fsp3) is 0.357. The number of nitrogens with one attached hydrogen (secondary N) is 1. The highest BCUT2D eigenvalue weighted by molar-refractivity contribution is 5.89. The third-order valence-corrected chi connectivity index (χ3v) is 3.14. The van der Waals surface area contributed by atoms with Crippen LogP contribution in [-0.4, -0.2) is 30.1 Å². The van der Waals surface area contributed by atoms with E-state index in [2.05, 4.69) is 11.9 Å². The van der Waals surface area contributed by atoms with E-state index in [4.69, 9.17) is 5.73 Å². The van der Waals surface area contributed by atoms with Crippen LogP contribution in [0.15, 0.2) is 30.8 Å². The fourth-order valence-electron chi connectivity index (χ4n) is 2.10. The Morgan fingerprint density at radius 2 is 2.17 bits per heavy atom. The molecule has 4 nitrogen and oxygen atoms in total. The van der Waals surface area contributed by atoms with Crippen LogP contribution in [0.25, 0.3) is 6.08 Å². The Bertz CT molecular complexity index is 427. The number of carbonyl (C=O) groups excluding carboxylic acids is 1. The summed E-state index contributed by atoms with van der Waals surface area (Å²) in [7, 11) is 0. The number of likely N-dealkylation sites (tertiary alicyclic amines) is 1. The van der Waals surface area contributed by atoms with Gasteiger partial charge in [0, 0.05) is 24.8 Å². The Morgan fingerprint density at radius 3 is 2.78 bits per heavy atom. The van der Waals surface area contributed by atoms with E-state index in [1.54, 1.807) is 11.0 Å². The van der Waals surface area contributed by atoms with Gasteiger partial charge in [0.05, 0.1) is 0 Å². The molecule has 0 aliphatic carbocycles. The molecule has 0 aromatic heterocycles. The first-order chi connectivity index (χ1) is 8.69. The first-order valence-electron chi connectivity index (χ1n) is 6.23. The van der Waals surface area contributed by atoms with Gasteiger partial charge in [0.25, 0.3) is 0 Å². The lowest BCUT2D eigenvalue weighted by Crippen LogP contribution is -2.47. The second-order valence-electron chi connectivity index (χ2n) is 4.60. The molecule has 18 heavy (non-hydrogen) atoms. The van der Waals surface area contributed by atoms with Crippen molar-refractivity contribution in [1.29, 1.82) is 0 Å². The van der Waals surface area contributed by atoms with Crippen LogP contribution >= 0.6 is 0 Å². The summed E-state index contributed by atoms with van der Waals surface area (Å²) in [5, 5.41) is 2.88. The monoisotopic (exact) mass is 245 g/mol. The van der Waals surface area contributed by atoms with Crippen molar-refractivity contribution < 1.29 is 4.79 Å². The van der Waals surface area contributed by atoms with Crippen molar-refractivity contribution in [3.05, 3.63) is 36.4 Å². The SMILES string of the molecule is C=Cc1ccc(NC(=O)N2CCCC(N)C2)cc1. The minimum absolute atomic E-state index is 0.0727. The smallest absolute Gasteiger partial charge is 0.321 e. The van der Waals surface area contributed by atoms with E-state index in [0.29, 0.717) is 6.54 Å². The van der Waals surface area contributed by atoms with Gasteiger partial charge >= 0.3 is 6.03 Å². The van der Waals surface area contributed by atoms with E-state index >= 15 is 0 Å². The highest BCUT2D eigenvalue weighted by Crippen LogP contribution is 2.13. The van der Waals surface area contributed by atoms with Gasteiger partial charge in [0.1, 0.15) is 0 Å². The number of benzene rings is 1. The Balaban J connectivity index is 1.95. The molecule has 1 heterocycles. The Kier molecular flexibility index (Phi) is 3.99. The molecule has 1 aromatic rings. The van der Waals surface area contributed by atoms with Crippen molar-refractivity contribution in [3.63, 3.8) is 0 Å². The van der Waals surface area contributed by atoms with Gasteiger partial charge in [-0.05, 0) is 30.5 Å². The van der Waals surface area contributed by atoms with Crippen molar-refractivity contribution in [2.75, 3.05) is 18.4 Å². The molecule has 1 aliphatic heterocycles. The number of urea groups is 1. The number of anilines is 1. The van der Waals surface area contributed by atoms with Gasteiger partial charge < -0.3 is 16.0 Å². The molecule has 1 saturated heterocycles. The molecule has 0 radical (unpaired) electrons. The minimum atomic E-state index is -0.0727. The maximum absolute atomic E-state index is 12.0. The number of nitrogens with zero attached hydrogens (tertiary/aromatic N) is 1. The normalized spacial score (nSPS) is 19.4. The summed E-state index contributed by atoms with van der Waals surface area (Å²) in [5.74, 6) is 0. The predicted octanol–water partition coefficient (Wildman–Crippen LogP) is 2.28. The van der Waals surface area contributed by atoms with E-state index in [0.717, 1.165) is 30.6 Å². The summed E-state index contributed by atoms with van der Waals surface area (Å²) < 4.78 is 0. The van der Waals surface area contributed by atoms with Crippen LogP contribution in [0.4, 0.5) is 10.5 Å². The van der Waals surface area contributed by atoms with E-state index < -0.39 is 0 Å². The van der Waals surface area contributed by atoms with E-state index in [-0.39, 0.29) is 12.1 Å². The topological polar surface area (TPSA) is 58.4 Å². The van der Waals surface area contributed by atoms with Crippen molar-refractivity contribution in [2.45, 2.75) is 18.9 Å². The van der Waals surface area contributed by atoms with Gasteiger partial charge in [0.15, 0.2) is 0 Å². The second kappa shape index (κ2) is 5.69. The second-order valence-corrected chi connectivity index (χ2v) is 4.60. The van der Waals surface area contributed by atoms with E-state index in [1.165, 1.54) is 0 Å². The number of rotatable bonds is 2. The molecular formula is C14H19N3O. The zero-order valence-electron chi connectivity index (χ0n) is 10.4.